The summed E-state index contributed by atoms with van der Waals surface area (Å²) in [5.41, 5.74) is 13.1. The molecule has 2 aromatic carbocycles. The lowest BCUT2D eigenvalue weighted by Gasteiger charge is -2.41. The second-order valence-corrected chi connectivity index (χ2v) is 12.3. The zero-order valence-corrected chi connectivity index (χ0v) is 24.3. The van der Waals surface area contributed by atoms with Crippen molar-refractivity contribution < 1.29 is 23.9 Å². The molecule has 214 valence electrons. The van der Waals surface area contributed by atoms with Gasteiger partial charge in [0.15, 0.2) is 0 Å². The van der Waals surface area contributed by atoms with Crippen molar-refractivity contribution in [3.63, 3.8) is 0 Å². The van der Waals surface area contributed by atoms with Crippen LogP contribution < -0.4 is 11.5 Å². The van der Waals surface area contributed by atoms with E-state index in [0.717, 1.165) is 5.56 Å². The number of phenols is 1. The highest BCUT2D eigenvalue weighted by Crippen LogP contribution is 2.32. The van der Waals surface area contributed by atoms with Gasteiger partial charge in [-0.05, 0) is 52.1 Å². The molecule has 0 aliphatic carbocycles. The number of primary amides is 1. The summed E-state index contributed by atoms with van der Waals surface area (Å²) in [6.45, 7) is 11.4. The molecule has 0 saturated heterocycles. The number of amides is 3. The van der Waals surface area contributed by atoms with Gasteiger partial charge in [0.1, 0.15) is 23.7 Å². The Morgan fingerprint density at radius 2 is 1.41 bits per heavy atom. The fraction of sp³-hybridized carbons (Fsp3) is 0.500. The van der Waals surface area contributed by atoms with Crippen molar-refractivity contribution in [1.82, 2.24) is 9.80 Å². The van der Waals surface area contributed by atoms with Crippen LogP contribution in [-0.2, 0) is 32.6 Å². The van der Waals surface area contributed by atoms with Crippen LogP contribution in [0.2, 0.25) is 0 Å². The van der Waals surface area contributed by atoms with Crippen LogP contribution >= 0.6 is 0 Å². The van der Waals surface area contributed by atoms with E-state index in [1.165, 1.54) is 36.0 Å². The molecule has 2 rings (SSSR count). The fourth-order valence-corrected chi connectivity index (χ4v) is 4.78. The number of aromatic hydroxyl groups is 1. The lowest BCUT2D eigenvalue weighted by molar-refractivity contribution is -0.151. The summed E-state index contributed by atoms with van der Waals surface area (Å²) in [6, 6.07) is 7.93. The van der Waals surface area contributed by atoms with E-state index in [1.54, 1.807) is 24.3 Å². The van der Waals surface area contributed by atoms with Crippen molar-refractivity contribution in [3.05, 3.63) is 65.0 Å². The SMILES string of the molecule is CN(C(=O)[C@@H](N(C)C(=O)[C@@H](N)Cc1ccc(F)cc1)C(C)(C)C)[C@@H](Cc1ccc(O)c(C(C)(C)C)c1)C(N)=O. The van der Waals surface area contributed by atoms with Crippen LogP contribution in [0.15, 0.2) is 42.5 Å². The number of phenolic OH excluding ortho intramolecular Hbond substituents is 1. The smallest absolute Gasteiger partial charge is 0.246 e. The van der Waals surface area contributed by atoms with Crippen molar-refractivity contribution in [3.8, 4) is 5.75 Å². The Bertz CT molecular complexity index is 1180. The van der Waals surface area contributed by atoms with Gasteiger partial charge < -0.3 is 26.4 Å². The molecule has 0 aliphatic rings. The van der Waals surface area contributed by atoms with Gasteiger partial charge in [0, 0.05) is 20.5 Å². The minimum absolute atomic E-state index is 0.138. The molecule has 8 nitrogen and oxygen atoms in total. The summed E-state index contributed by atoms with van der Waals surface area (Å²) in [5.74, 6) is -1.83. The topological polar surface area (TPSA) is 130 Å². The van der Waals surface area contributed by atoms with E-state index in [1.807, 2.05) is 47.6 Å². The Hall–Kier alpha value is -3.46. The van der Waals surface area contributed by atoms with Gasteiger partial charge >= 0.3 is 0 Å². The first-order valence-corrected chi connectivity index (χ1v) is 13.0. The van der Waals surface area contributed by atoms with Gasteiger partial charge in [0.25, 0.3) is 0 Å². The van der Waals surface area contributed by atoms with Crippen molar-refractivity contribution >= 4 is 17.7 Å². The van der Waals surface area contributed by atoms with Crippen LogP contribution in [-0.4, -0.2) is 64.8 Å². The highest BCUT2D eigenvalue weighted by Gasteiger charge is 2.42. The summed E-state index contributed by atoms with van der Waals surface area (Å²) in [4.78, 5) is 42.4. The number of hydrogen-bond donors (Lipinski definition) is 3. The summed E-state index contributed by atoms with van der Waals surface area (Å²) in [5, 5.41) is 10.3. The maximum absolute atomic E-state index is 13.9. The largest absolute Gasteiger partial charge is 0.508 e. The third-order valence-electron chi connectivity index (χ3n) is 6.92. The van der Waals surface area contributed by atoms with Crippen LogP contribution in [0, 0.1) is 11.2 Å². The lowest BCUT2D eigenvalue weighted by Crippen LogP contribution is -2.60. The first-order chi connectivity index (χ1) is 17.8. The Morgan fingerprint density at radius 1 is 0.872 bits per heavy atom. The molecule has 0 spiro atoms. The number of rotatable bonds is 9. The summed E-state index contributed by atoms with van der Waals surface area (Å²) < 4.78 is 13.3. The van der Waals surface area contributed by atoms with Crippen LogP contribution in [0.3, 0.4) is 0 Å². The summed E-state index contributed by atoms with van der Waals surface area (Å²) in [6.07, 6.45) is 0.310. The molecule has 9 heteroatoms. The molecule has 0 heterocycles. The Kier molecular flexibility index (Phi) is 9.90. The van der Waals surface area contributed by atoms with Crippen molar-refractivity contribution in [2.24, 2.45) is 16.9 Å². The maximum atomic E-state index is 13.9. The molecule has 5 N–H and O–H groups in total. The highest BCUT2D eigenvalue weighted by molar-refractivity contribution is 5.93. The Morgan fingerprint density at radius 3 is 1.90 bits per heavy atom. The van der Waals surface area contributed by atoms with Gasteiger partial charge in [0.05, 0.1) is 6.04 Å². The maximum Gasteiger partial charge on any atom is 0.246 e. The van der Waals surface area contributed by atoms with Crippen LogP contribution in [0.1, 0.15) is 58.2 Å². The molecule has 0 bridgehead atoms. The highest BCUT2D eigenvalue weighted by atomic mass is 19.1. The molecule has 0 unspecified atom stereocenters. The third kappa shape index (κ3) is 8.02. The van der Waals surface area contributed by atoms with Crippen LogP contribution in [0.4, 0.5) is 4.39 Å². The second-order valence-electron chi connectivity index (χ2n) is 12.3. The third-order valence-corrected chi connectivity index (χ3v) is 6.92. The van der Waals surface area contributed by atoms with E-state index in [2.05, 4.69) is 0 Å². The average molecular weight is 543 g/mol. The van der Waals surface area contributed by atoms with E-state index < -0.39 is 41.3 Å². The number of likely N-dealkylation sites (N-methyl/N-ethyl adjacent to an activating group) is 2. The molecular weight excluding hydrogens is 499 g/mol. The molecule has 0 radical (unpaired) electrons. The van der Waals surface area contributed by atoms with E-state index in [9.17, 15) is 23.9 Å². The number of halogens is 1. The lowest BCUT2D eigenvalue weighted by atomic mass is 9.83. The first-order valence-electron chi connectivity index (χ1n) is 13.0. The first kappa shape index (κ1) is 31.8. The number of benzene rings is 2. The Balaban J connectivity index is 2.32. The van der Waals surface area contributed by atoms with Gasteiger partial charge in [-0.25, -0.2) is 4.39 Å². The number of nitrogens with zero attached hydrogens (tertiary/aromatic N) is 2. The predicted molar refractivity (Wildman–Crippen MR) is 150 cm³/mol. The number of nitrogens with two attached hydrogens (primary N) is 2. The number of hydrogen-bond acceptors (Lipinski definition) is 5. The van der Waals surface area contributed by atoms with Crippen molar-refractivity contribution in [2.75, 3.05) is 14.1 Å². The monoisotopic (exact) mass is 542 g/mol. The molecule has 0 fully saturated rings. The fourth-order valence-electron chi connectivity index (χ4n) is 4.78. The van der Waals surface area contributed by atoms with E-state index >= 15 is 0 Å². The molecule has 0 aliphatic heterocycles. The van der Waals surface area contributed by atoms with Gasteiger partial charge in [-0.3, -0.25) is 14.4 Å². The van der Waals surface area contributed by atoms with Crippen molar-refractivity contribution in [1.29, 1.82) is 0 Å². The normalized spacial score (nSPS) is 14.3. The number of carbonyl (C=O) groups excluding carboxylic acids is 3. The average Bonchev–Trinajstić information content (AvgIpc) is 2.82. The molecule has 3 amide bonds. The number of carbonyl (C=O) groups is 3. The minimum Gasteiger partial charge on any atom is -0.508 e. The van der Waals surface area contributed by atoms with Crippen LogP contribution in [0.5, 0.6) is 5.75 Å². The zero-order chi connectivity index (χ0) is 29.9. The Labute approximate surface area is 231 Å². The minimum atomic E-state index is -0.990. The van der Waals surface area contributed by atoms with Gasteiger partial charge in [-0.2, -0.15) is 0 Å². The second kappa shape index (κ2) is 12.2. The molecule has 3 atom stereocenters. The van der Waals surface area contributed by atoms with Gasteiger partial charge in [-0.15, -0.1) is 0 Å². The van der Waals surface area contributed by atoms with Gasteiger partial charge in [0.2, 0.25) is 17.7 Å². The summed E-state index contributed by atoms with van der Waals surface area (Å²) in [7, 11) is 3.02. The van der Waals surface area contributed by atoms with E-state index in [4.69, 9.17) is 11.5 Å². The van der Waals surface area contributed by atoms with E-state index in [0.29, 0.717) is 11.1 Å². The summed E-state index contributed by atoms with van der Waals surface area (Å²) >= 11 is 0. The van der Waals surface area contributed by atoms with Crippen molar-refractivity contribution in [2.45, 2.75) is 77.9 Å². The van der Waals surface area contributed by atoms with Crippen LogP contribution in [0.25, 0.3) is 0 Å². The quantitative estimate of drug-likeness (QED) is 0.448. The molecule has 0 saturated carbocycles. The molecule has 39 heavy (non-hydrogen) atoms. The molecular formula is C30H43FN4O4. The van der Waals surface area contributed by atoms with Gasteiger partial charge in [-0.1, -0.05) is 65.8 Å². The predicted octanol–water partition coefficient (Wildman–Crippen LogP) is 3.13. The van der Waals surface area contributed by atoms with E-state index in [-0.39, 0.29) is 29.8 Å². The standard InChI is InChI=1S/C30H43FN4O4/c1-29(2,3)21-15-19(11-14-24(21)36)17-23(26(33)37)34(7)28(39)25(30(4,5)6)35(8)27(38)22(32)16-18-9-12-20(31)13-10-18/h9-15,22-23,25,36H,16-17,32H2,1-8H3,(H2,33,37)/t22-,23-,25+/m0/s1. The molecule has 0 aromatic heterocycles. The zero-order valence-electron chi connectivity index (χ0n) is 24.3. The molecule has 2 aromatic rings.